The Labute approximate surface area is 123 Å². The zero-order valence-electron chi connectivity index (χ0n) is 12.5. The molecule has 0 bridgehead atoms. The first kappa shape index (κ1) is 15.4. The van der Waals surface area contributed by atoms with Crippen molar-refractivity contribution in [1.29, 1.82) is 0 Å². The first-order valence-electron chi connectivity index (χ1n) is 6.83. The van der Waals surface area contributed by atoms with Crippen LogP contribution in [0, 0.1) is 25.5 Å². The van der Waals surface area contributed by atoms with E-state index in [9.17, 15) is 8.78 Å². The highest BCUT2D eigenvalue weighted by atomic mass is 19.1. The van der Waals surface area contributed by atoms with Crippen molar-refractivity contribution >= 4 is 0 Å². The molecule has 0 fully saturated rings. The van der Waals surface area contributed by atoms with Gasteiger partial charge in [-0.3, -0.25) is 0 Å². The Kier molecular flexibility index (Phi) is 4.91. The molecular weight excluding hydrogens is 272 g/mol. The van der Waals surface area contributed by atoms with Gasteiger partial charge in [0, 0.05) is 6.54 Å². The van der Waals surface area contributed by atoms with E-state index in [4.69, 9.17) is 4.74 Å². The van der Waals surface area contributed by atoms with Crippen LogP contribution < -0.4 is 10.1 Å². The van der Waals surface area contributed by atoms with Crippen LogP contribution >= 0.6 is 0 Å². The zero-order valence-corrected chi connectivity index (χ0v) is 12.5. The summed E-state index contributed by atoms with van der Waals surface area (Å²) < 4.78 is 33.3. The Morgan fingerprint density at radius 2 is 1.62 bits per heavy atom. The van der Waals surface area contributed by atoms with E-state index in [1.54, 1.807) is 7.05 Å². The molecule has 0 unspecified atom stereocenters. The van der Waals surface area contributed by atoms with Crippen LogP contribution in [0.15, 0.2) is 30.3 Å². The highest BCUT2D eigenvalue weighted by Crippen LogP contribution is 2.25. The molecule has 1 N–H and O–H groups in total. The number of hydrogen-bond donors (Lipinski definition) is 1. The lowest BCUT2D eigenvalue weighted by Gasteiger charge is -2.13. The minimum atomic E-state index is -0.675. The summed E-state index contributed by atoms with van der Waals surface area (Å²) in [5.41, 5.74) is 3.59. The SMILES string of the molecule is CNCc1cc(F)c(OCc2c(C)cccc2C)c(F)c1. The van der Waals surface area contributed by atoms with Crippen LogP contribution in [0.25, 0.3) is 0 Å². The molecule has 2 aromatic rings. The fraction of sp³-hybridized carbons (Fsp3) is 0.294. The van der Waals surface area contributed by atoms with Crippen molar-refractivity contribution in [3.8, 4) is 5.75 Å². The van der Waals surface area contributed by atoms with E-state index >= 15 is 0 Å². The van der Waals surface area contributed by atoms with Crippen molar-refractivity contribution in [3.63, 3.8) is 0 Å². The van der Waals surface area contributed by atoms with Crippen LogP contribution in [0.5, 0.6) is 5.75 Å². The highest BCUT2D eigenvalue weighted by molar-refractivity contribution is 5.35. The summed E-state index contributed by atoms with van der Waals surface area (Å²) in [4.78, 5) is 0. The van der Waals surface area contributed by atoms with E-state index in [1.165, 1.54) is 12.1 Å². The van der Waals surface area contributed by atoms with Gasteiger partial charge in [-0.05, 0) is 55.3 Å². The smallest absolute Gasteiger partial charge is 0.191 e. The van der Waals surface area contributed by atoms with E-state index in [1.807, 2.05) is 32.0 Å². The van der Waals surface area contributed by atoms with E-state index < -0.39 is 11.6 Å². The van der Waals surface area contributed by atoms with Crippen LogP contribution in [-0.2, 0) is 13.2 Å². The van der Waals surface area contributed by atoms with Crippen molar-refractivity contribution in [2.75, 3.05) is 7.05 Å². The molecule has 0 aliphatic carbocycles. The third kappa shape index (κ3) is 3.58. The van der Waals surface area contributed by atoms with E-state index in [-0.39, 0.29) is 12.4 Å². The van der Waals surface area contributed by atoms with Gasteiger partial charge < -0.3 is 10.1 Å². The number of ether oxygens (including phenoxy) is 1. The molecule has 0 saturated carbocycles. The van der Waals surface area contributed by atoms with Gasteiger partial charge in [0.1, 0.15) is 6.61 Å². The maximum atomic E-state index is 13.9. The van der Waals surface area contributed by atoms with Crippen LogP contribution in [-0.4, -0.2) is 7.05 Å². The molecule has 2 rings (SSSR count). The van der Waals surface area contributed by atoms with Crippen molar-refractivity contribution in [2.45, 2.75) is 27.0 Å². The Bertz CT molecular complexity index is 597. The third-order valence-corrected chi connectivity index (χ3v) is 3.44. The van der Waals surface area contributed by atoms with E-state index in [2.05, 4.69) is 5.32 Å². The molecule has 112 valence electrons. The number of halogens is 2. The van der Waals surface area contributed by atoms with Gasteiger partial charge in [-0.1, -0.05) is 18.2 Å². The molecule has 0 aliphatic rings. The molecule has 0 amide bonds. The molecule has 0 aliphatic heterocycles. The molecule has 0 saturated heterocycles. The van der Waals surface area contributed by atoms with Crippen LogP contribution in [0.2, 0.25) is 0 Å². The van der Waals surface area contributed by atoms with Crippen LogP contribution in [0.3, 0.4) is 0 Å². The average Bonchev–Trinajstić information content (AvgIpc) is 2.41. The van der Waals surface area contributed by atoms with Gasteiger partial charge in [-0.2, -0.15) is 0 Å². The quantitative estimate of drug-likeness (QED) is 0.902. The van der Waals surface area contributed by atoms with Gasteiger partial charge in [0.25, 0.3) is 0 Å². The molecule has 21 heavy (non-hydrogen) atoms. The van der Waals surface area contributed by atoms with Gasteiger partial charge in [0.15, 0.2) is 17.4 Å². The lowest BCUT2D eigenvalue weighted by molar-refractivity contribution is 0.272. The average molecular weight is 291 g/mol. The van der Waals surface area contributed by atoms with E-state index in [0.717, 1.165) is 16.7 Å². The normalized spacial score (nSPS) is 10.7. The Hall–Kier alpha value is -1.94. The number of rotatable bonds is 5. The Morgan fingerprint density at radius 3 is 2.14 bits per heavy atom. The lowest BCUT2D eigenvalue weighted by Crippen LogP contribution is -2.08. The van der Waals surface area contributed by atoms with Crippen molar-refractivity contribution in [3.05, 3.63) is 64.2 Å². The summed E-state index contributed by atoms with van der Waals surface area (Å²) in [7, 11) is 1.72. The van der Waals surface area contributed by atoms with Gasteiger partial charge >= 0.3 is 0 Å². The maximum absolute atomic E-state index is 13.9. The molecule has 0 aromatic heterocycles. The predicted octanol–water partition coefficient (Wildman–Crippen LogP) is 3.88. The second-order valence-corrected chi connectivity index (χ2v) is 5.08. The molecule has 0 heterocycles. The first-order chi connectivity index (χ1) is 10.0. The molecule has 0 spiro atoms. The molecule has 0 radical (unpaired) electrons. The maximum Gasteiger partial charge on any atom is 0.191 e. The van der Waals surface area contributed by atoms with E-state index in [0.29, 0.717) is 12.1 Å². The minimum Gasteiger partial charge on any atom is -0.483 e. The Morgan fingerprint density at radius 1 is 1.05 bits per heavy atom. The van der Waals surface area contributed by atoms with Crippen molar-refractivity contribution < 1.29 is 13.5 Å². The number of aryl methyl sites for hydroxylation is 2. The second kappa shape index (κ2) is 6.68. The lowest BCUT2D eigenvalue weighted by atomic mass is 10.0. The zero-order chi connectivity index (χ0) is 15.4. The number of nitrogens with one attached hydrogen (secondary N) is 1. The van der Waals surface area contributed by atoms with Gasteiger partial charge in [0.05, 0.1) is 0 Å². The fourth-order valence-electron chi connectivity index (χ4n) is 2.28. The van der Waals surface area contributed by atoms with Gasteiger partial charge in [0.2, 0.25) is 0 Å². The third-order valence-electron chi connectivity index (χ3n) is 3.44. The summed E-state index contributed by atoms with van der Waals surface area (Å²) in [6, 6.07) is 8.43. The summed E-state index contributed by atoms with van der Waals surface area (Å²) >= 11 is 0. The molecular formula is C17H19F2NO. The molecule has 0 atom stereocenters. The number of benzene rings is 2. The summed E-state index contributed by atoms with van der Waals surface area (Å²) in [5, 5.41) is 2.86. The topological polar surface area (TPSA) is 21.3 Å². The first-order valence-corrected chi connectivity index (χ1v) is 6.83. The fourth-order valence-corrected chi connectivity index (χ4v) is 2.28. The molecule has 2 nitrogen and oxygen atoms in total. The van der Waals surface area contributed by atoms with Gasteiger partial charge in [-0.15, -0.1) is 0 Å². The summed E-state index contributed by atoms with van der Waals surface area (Å²) in [6.45, 7) is 4.46. The standard InChI is InChI=1S/C17H19F2NO/c1-11-5-4-6-12(2)14(11)10-21-17-15(18)7-13(9-20-3)8-16(17)19/h4-8,20H,9-10H2,1-3H3. The van der Waals surface area contributed by atoms with Crippen LogP contribution in [0.1, 0.15) is 22.3 Å². The largest absolute Gasteiger partial charge is 0.483 e. The Balaban J connectivity index is 2.21. The second-order valence-electron chi connectivity index (χ2n) is 5.08. The monoisotopic (exact) mass is 291 g/mol. The summed E-state index contributed by atoms with van der Waals surface area (Å²) in [6.07, 6.45) is 0. The van der Waals surface area contributed by atoms with Gasteiger partial charge in [-0.25, -0.2) is 8.78 Å². The predicted molar refractivity (Wildman–Crippen MR) is 79.4 cm³/mol. The van der Waals surface area contributed by atoms with Crippen LogP contribution in [0.4, 0.5) is 8.78 Å². The highest BCUT2D eigenvalue weighted by Gasteiger charge is 2.13. The molecule has 4 heteroatoms. The summed E-state index contributed by atoms with van der Waals surface area (Å²) in [5.74, 6) is -1.67. The molecule has 2 aromatic carbocycles. The minimum absolute atomic E-state index is 0.151. The van der Waals surface area contributed by atoms with Crippen molar-refractivity contribution in [2.24, 2.45) is 0 Å². The number of hydrogen-bond acceptors (Lipinski definition) is 2. The van der Waals surface area contributed by atoms with Crippen molar-refractivity contribution in [1.82, 2.24) is 5.32 Å².